The van der Waals surface area contributed by atoms with Gasteiger partial charge in [-0.05, 0) is 59.5 Å². The monoisotopic (exact) mass is 409 g/mol. The van der Waals surface area contributed by atoms with E-state index in [2.05, 4.69) is 17.1 Å². The molecule has 2 aromatic carbocycles. The third kappa shape index (κ3) is 3.52. The fraction of sp³-hybridized carbons (Fsp3) is 0.192. The van der Waals surface area contributed by atoms with Gasteiger partial charge in [-0.25, -0.2) is 0 Å². The second kappa shape index (κ2) is 7.84. The molecule has 5 heteroatoms. The smallest absolute Gasteiger partial charge is 0.254 e. The van der Waals surface area contributed by atoms with Crippen molar-refractivity contribution in [3.05, 3.63) is 89.4 Å². The van der Waals surface area contributed by atoms with Crippen molar-refractivity contribution in [2.24, 2.45) is 0 Å². The minimum atomic E-state index is 0.0600. The lowest BCUT2D eigenvalue weighted by atomic mass is 9.95. The summed E-state index contributed by atoms with van der Waals surface area (Å²) in [5.74, 6) is 0.877. The normalized spacial score (nSPS) is 13.2. The van der Waals surface area contributed by atoms with Crippen LogP contribution < -0.4 is 4.74 Å². The lowest BCUT2D eigenvalue weighted by molar-refractivity contribution is 0.0733. The number of carbonyl (C=O) groups excluding carboxylic acids is 1. The predicted molar refractivity (Wildman–Crippen MR) is 121 cm³/mol. The molecule has 31 heavy (non-hydrogen) atoms. The molecule has 0 bridgehead atoms. The molecule has 1 aliphatic heterocycles. The van der Waals surface area contributed by atoms with E-state index in [1.807, 2.05) is 60.5 Å². The number of rotatable bonds is 3. The van der Waals surface area contributed by atoms with Crippen molar-refractivity contribution in [2.75, 3.05) is 13.7 Å². The zero-order valence-electron chi connectivity index (χ0n) is 17.6. The Morgan fingerprint density at radius 2 is 1.94 bits per heavy atom. The van der Waals surface area contributed by atoms with E-state index in [0.717, 1.165) is 56.6 Å². The Bertz CT molecular complexity index is 1280. The number of benzene rings is 2. The third-order valence-electron chi connectivity index (χ3n) is 6.02. The summed E-state index contributed by atoms with van der Waals surface area (Å²) < 4.78 is 5.26. The number of fused-ring (bicyclic) bond motifs is 2. The van der Waals surface area contributed by atoms with Crippen molar-refractivity contribution in [1.82, 2.24) is 14.9 Å². The summed E-state index contributed by atoms with van der Waals surface area (Å²) in [5.41, 5.74) is 6.99. The van der Waals surface area contributed by atoms with Crippen molar-refractivity contribution in [3.8, 4) is 16.9 Å². The van der Waals surface area contributed by atoms with Crippen molar-refractivity contribution in [2.45, 2.75) is 19.9 Å². The number of pyridine rings is 2. The number of methoxy groups -OCH3 is 1. The lowest BCUT2D eigenvalue weighted by Gasteiger charge is -2.29. The Balaban J connectivity index is 1.45. The van der Waals surface area contributed by atoms with Crippen LogP contribution in [0.1, 0.15) is 27.2 Å². The summed E-state index contributed by atoms with van der Waals surface area (Å²) in [4.78, 5) is 24.3. The Hall–Kier alpha value is -3.73. The van der Waals surface area contributed by atoms with Crippen LogP contribution in [0.3, 0.4) is 0 Å². The van der Waals surface area contributed by atoms with Crippen LogP contribution in [0.4, 0.5) is 0 Å². The maximum atomic E-state index is 13.5. The lowest BCUT2D eigenvalue weighted by Crippen LogP contribution is -2.36. The molecule has 2 aromatic heterocycles. The van der Waals surface area contributed by atoms with Crippen LogP contribution in [0.15, 0.2) is 67.0 Å². The average molecular weight is 409 g/mol. The van der Waals surface area contributed by atoms with Gasteiger partial charge in [-0.3, -0.25) is 14.8 Å². The number of hydrogen-bond donors (Lipinski definition) is 0. The Morgan fingerprint density at radius 1 is 1.10 bits per heavy atom. The highest BCUT2D eigenvalue weighted by Gasteiger charge is 2.24. The van der Waals surface area contributed by atoms with Gasteiger partial charge >= 0.3 is 0 Å². The van der Waals surface area contributed by atoms with Gasteiger partial charge in [0.15, 0.2) is 0 Å². The van der Waals surface area contributed by atoms with Crippen LogP contribution in [0.5, 0.6) is 5.75 Å². The van der Waals surface area contributed by atoms with E-state index >= 15 is 0 Å². The van der Waals surface area contributed by atoms with Crippen molar-refractivity contribution in [3.63, 3.8) is 0 Å². The van der Waals surface area contributed by atoms with Gasteiger partial charge in [0.25, 0.3) is 5.91 Å². The zero-order chi connectivity index (χ0) is 21.4. The molecule has 0 unspecified atom stereocenters. The predicted octanol–water partition coefficient (Wildman–Crippen LogP) is 4.81. The number of nitrogens with zero attached hydrogens (tertiary/aromatic N) is 3. The van der Waals surface area contributed by atoms with Crippen LogP contribution in [0.25, 0.3) is 22.0 Å². The molecule has 0 aliphatic carbocycles. The summed E-state index contributed by atoms with van der Waals surface area (Å²) in [7, 11) is 1.66. The molecule has 0 fully saturated rings. The molecule has 0 N–H and O–H groups in total. The fourth-order valence-corrected chi connectivity index (χ4v) is 4.27. The molecule has 4 aromatic rings. The minimum absolute atomic E-state index is 0.0600. The zero-order valence-corrected chi connectivity index (χ0v) is 17.6. The Kier molecular flexibility index (Phi) is 4.86. The van der Waals surface area contributed by atoms with Crippen LogP contribution in [0, 0.1) is 6.92 Å². The largest absolute Gasteiger partial charge is 0.497 e. The first-order valence-corrected chi connectivity index (χ1v) is 10.4. The molecule has 0 atom stereocenters. The van der Waals surface area contributed by atoms with Gasteiger partial charge in [0, 0.05) is 48.5 Å². The van der Waals surface area contributed by atoms with E-state index in [-0.39, 0.29) is 5.91 Å². The molecule has 1 aliphatic rings. The standard InChI is InChI=1S/C26H23N3O2/c1-17-22(18-6-8-21(31-2)9-7-18)4-3-5-23(17)26(30)29-13-11-25-20(16-29)14-19-15-27-12-10-24(19)28-25/h3-10,12,14-15H,11,13,16H2,1-2H3. The molecule has 0 saturated heterocycles. The third-order valence-corrected chi connectivity index (χ3v) is 6.02. The Morgan fingerprint density at radius 3 is 2.74 bits per heavy atom. The number of ether oxygens (including phenoxy) is 1. The highest BCUT2D eigenvalue weighted by atomic mass is 16.5. The van der Waals surface area contributed by atoms with Gasteiger partial charge in [-0.1, -0.05) is 24.3 Å². The number of carbonyl (C=O) groups is 1. The van der Waals surface area contributed by atoms with E-state index < -0.39 is 0 Å². The molecule has 5 rings (SSSR count). The van der Waals surface area contributed by atoms with Gasteiger partial charge in [0.1, 0.15) is 5.75 Å². The quantitative estimate of drug-likeness (QED) is 0.487. The molecule has 5 nitrogen and oxygen atoms in total. The van der Waals surface area contributed by atoms with E-state index in [9.17, 15) is 4.79 Å². The van der Waals surface area contributed by atoms with Crippen LogP contribution >= 0.6 is 0 Å². The van der Waals surface area contributed by atoms with Gasteiger partial charge in [0.05, 0.1) is 12.6 Å². The first-order valence-electron chi connectivity index (χ1n) is 10.4. The number of amides is 1. The summed E-state index contributed by atoms with van der Waals surface area (Å²) in [6.45, 7) is 3.26. The van der Waals surface area contributed by atoms with Crippen molar-refractivity contribution >= 4 is 16.8 Å². The maximum absolute atomic E-state index is 13.5. The summed E-state index contributed by atoms with van der Waals surface area (Å²) in [6.07, 6.45) is 4.35. The van der Waals surface area contributed by atoms with Crippen LogP contribution in [0.2, 0.25) is 0 Å². The van der Waals surface area contributed by atoms with Gasteiger partial charge in [0.2, 0.25) is 0 Å². The minimum Gasteiger partial charge on any atom is -0.497 e. The van der Waals surface area contributed by atoms with Crippen LogP contribution in [-0.4, -0.2) is 34.4 Å². The van der Waals surface area contributed by atoms with E-state index in [1.54, 1.807) is 13.3 Å². The molecule has 0 radical (unpaired) electrons. The fourth-order valence-electron chi connectivity index (χ4n) is 4.27. The molecular formula is C26H23N3O2. The van der Waals surface area contributed by atoms with Gasteiger partial charge < -0.3 is 9.64 Å². The summed E-state index contributed by atoms with van der Waals surface area (Å²) in [5, 5.41) is 1.01. The SMILES string of the molecule is COc1ccc(-c2cccc(C(=O)N3CCc4nc5ccncc5cc4C3)c2C)cc1. The Labute approximate surface area is 181 Å². The molecular weight excluding hydrogens is 386 g/mol. The highest BCUT2D eigenvalue weighted by molar-refractivity contribution is 5.97. The van der Waals surface area contributed by atoms with Crippen molar-refractivity contribution < 1.29 is 9.53 Å². The average Bonchev–Trinajstić information content (AvgIpc) is 2.82. The topological polar surface area (TPSA) is 55.3 Å². The first-order chi connectivity index (χ1) is 15.1. The van der Waals surface area contributed by atoms with E-state index in [0.29, 0.717) is 13.1 Å². The van der Waals surface area contributed by atoms with E-state index in [1.165, 1.54) is 0 Å². The number of aromatic nitrogens is 2. The number of hydrogen-bond acceptors (Lipinski definition) is 4. The van der Waals surface area contributed by atoms with Crippen LogP contribution in [-0.2, 0) is 13.0 Å². The van der Waals surface area contributed by atoms with Gasteiger partial charge in [-0.2, -0.15) is 0 Å². The highest BCUT2D eigenvalue weighted by Crippen LogP contribution is 2.29. The van der Waals surface area contributed by atoms with Gasteiger partial charge in [-0.15, -0.1) is 0 Å². The van der Waals surface area contributed by atoms with Crippen molar-refractivity contribution in [1.29, 1.82) is 0 Å². The molecule has 0 spiro atoms. The molecule has 154 valence electrons. The van der Waals surface area contributed by atoms with E-state index in [4.69, 9.17) is 9.72 Å². The second-order valence-electron chi connectivity index (χ2n) is 7.85. The molecule has 3 heterocycles. The summed E-state index contributed by atoms with van der Waals surface area (Å²) in [6, 6.07) is 17.9. The first kappa shape index (κ1) is 19.2. The molecule has 0 saturated carbocycles. The maximum Gasteiger partial charge on any atom is 0.254 e. The summed E-state index contributed by atoms with van der Waals surface area (Å²) >= 11 is 0. The molecule has 1 amide bonds. The second-order valence-corrected chi connectivity index (χ2v) is 7.85.